The standard InChI is InChI=1S/C28H36N4O4/c33-20-22(17-21-13-9-8-10-14-21)30-27(35)23-15-11-6-4-2-1-3-5-7-12-16-26(34)24-18-29-19-25(31-24)28(36)32-23/h8-10,13-14,18-20,22-23H,1-7,11-12,15-17H2,(H,30,35)(H,32,36)/t22-,23-/m0/s1. The molecule has 2 N–H and O–H groups in total. The molecular formula is C28H36N4O4. The van der Waals surface area contributed by atoms with E-state index in [9.17, 15) is 19.2 Å². The molecule has 0 fully saturated rings. The van der Waals surface area contributed by atoms with Crippen LogP contribution in [0.1, 0.15) is 97.2 Å². The summed E-state index contributed by atoms with van der Waals surface area (Å²) in [6.45, 7) is 0. The van der Waals surface area contributed by atoms with Gasteiger partial charge < -0.3 is 15.4 Å². The quantitative estimate of drug-likeness (QED) is 0.610. The number of amides is 2. The molecule has 0 saturated carbocycles. The molecule has 1 aromatic heterocycles. The normalized spacial score (nSPS) is 19.3. The maximum Gasteiger partial charge on any atom is 0.272 e. The van der Waals surface area contributed by atoms with Crippen molar-refractivity contribution >= 4 is 23.9 Å². The number of aldehydes is 1. The summed E-state index contributed by atoms with van der Waals surface area (Å²) >= 11 is 0. The Bertz CT molecular complexity index is 1010. The van der Waals surface area contributed by atoms with Gasteiger partial charge in [-0.1, -0.05) is 81.7 Å². The number of rotatable bonds is 5. The number of hydrogen-bond donors (Lipinski definition) is 2. The van der Waals surface area contributed by atoms with Crippen molar-refractivity contribution in [1.82, 2.24) is 20.6 Å². The maximum absolute atomic E-state index is 13.1. The highest BCUT2D eigenvalue weighted by Crippen LogP contribution is 2.14. The molecule has 0 spiro atoms. The van der Waals surface area contributed by atoms with Gasteiger partial charge in [-0.05, 0) is 24.8 Å². The van der Waals surface area contributed by atoms with E-state index in [2.05, 4.69) is 20.6 Å². The second kappa shape index (κ2) is 14.9. The summed E-state index contributed by atoms with van der Waals surface area (Å²) in [4.78, 5) is 58.5. The molecule has 1 aliphatic rings. The monoisotopic (exact) mass is 492 g/mol. The molecule has 1 aromatic carbocycles. The SMILES string of the molecule is O=C[C@H](Cc1ccccc1)NC(=O)[C@@H]1CCCCCCCCCCCC(=O)c2cncc(n2)C(=O)N1. The fourth-order valence-electron chi connectivity index (χ4n) is 4.39. The molecule has 0 aliphatic carbocycles. The van der Waals surface area contributed by atoms with Gasteiger partial charge in [0.15, 0.2) is 5.78 Å². The first-order chi connectivity index (χ1) is 17.6. The molecule has 2 atom stereocenters. The number of nitrogens with one attached hydrogen (secondary N) is 2. The predicted molar refractivity (Wildman–Crippen MR) is 137 cm³/mol. The molecule has 2 heterocycles. The van der Waals surface area contributed by atoms with Gasteiger partial charge in [-0.15, -0.1) is 0 Å². The zero-order chi connectivity index (χ0) is 25.6. The smallest absolute Gasteiger partial charge is 0.272 e. The van der Waals surface area contributed by atoms with E-state index >= 15 is 0 Å². The molecule has 0 unspecified atom stereocenters. The Balaban J connectivity index is 1.72. The molecular weight excluding hydrogens is 456 g/mol. The van der Waals surface area contributed by atoms with E-state index in [1.54, 1.807) is 0 Å². The van der Waals surface area contributed by atoms with Gasteiger partial charge in [-0.2, -0.15) is 0 Å². The van der Waals surface area contributed by atoms with Gasteiger partial charge in [0.1, 0.15) is 23.7 Å². The van der Waals surface area contributed by atoms with Crippen molar-refractivity contribution in [2.45, 2.75) is 89.1 Å². The summed E-state index contributed by atoms with van der Waals surface area (Å²) in [6, 6.07) is 7.92. The Morgan fingerprint density at radius 1 is 0.944 bits per heavy atom. The topological polar surface area (TPSA) is 118 Å². The minimum atomic E-state index is -0.823. The number of nitrogens with zero attached hydrogens (tertiary/aromatic N) is 2. The minimum Gasteiger partial charge on any atom is -0.344 e. The third-order valence-electron chi connectivity index (χ3n) is 6.46. The van der Waals surface area contributed by atoms with Crippen LogP contribution >= 0.6 is 0 Å². The number of aromatic nitrogens is 2. The van der Waals surface area contributed by atoms with Gasteiger partial charge >= 0.3 is 0 Å². The second-order valence-corrected chi connectivity index (χ2v) is 9.40. The van der Waals surface area contributed by atoms with Crippen LogP contribution in [0.5, 0.6) is 0 Å². The minimum absolute atomic E-state index is 0.00371. The summed E-state index contributed by atoms with van der Waals surface area (Å²) < 4.78 is 0. The summed E-state index contributed by atoms with van der Waals surface area (Å²) in [7, 11) is 0. The first kappa shape index (κ1) is 27.2. The number of hydrogen-bond acceptors (Lipinski definition) is 6. The lowest BCUT2D eigenvalue weighted by Gasteiger charge is -2.21. The van der Waals surface area contributed by atoms with Crippen LogP contribution in [-0.2, 0) is 16.0 Å². The predicted octanol–water partition coefficient (Wildman–Crippen LogP) is 3.99. The molecule has 8 nitrogen and oxygen atoms in total. The van der Waals surface area contributed by atoms with Crippen LogP contribution in [0.15, 0.2) is 42.7 Å². The Kier molecular flexibility index (Phi) is 11.2. The molecule has 192 valence electrons. The average molecular weight is 493 g/mol. The summed E-state index contributed by atoms with van der Waals surface area (Å²) in [5.41, 5.74) is 1.09. The molecule has 2 aromatic rings. The third-order valence-corrected chi connectivity index (χ3v) is 6.46. The Morgan fingerprint density at radius 2 is 1.58 bits per heavy atom. The lowest BCUT2D eigenvalue weighted by Crippen LogP contribution is -2.50. The van der Waals surface area contributed by atoms with E-state index in [1.807, 2.05) is 30.3 Å². The molecule has 3 rings (SSSR count). The van der Waals surface area contributed by atoms with Crippen molar-refractivity contribution in [2.75, 3.05) is 0 Å². The van der Waals surface area contributed by atoms with Gasteiger partial charge in [0, 0.05) is 6.42 Å². The molecule has 36 heavy (non-hydrogen) atoms. The van der Waals surface area contributed by atoms with E-state index in [4.69, 9.17) is 0 Å². The van der Waals surface area contributed by atoms with Gasteiger partial charge in [0.2, 0.25) is 5.91 Å². The van der Waals surface area contributed by atoms with Crippen LogP contribution in [0.25, 0.3) is 0 Å². The van der Waals surface area contributed by atoms with E-state index in [1.165, 1.54) is 12.4 Å². The molecule has 1 aliphatic heterocycles. The van der Waals surface area contributed by atoms with Crippen LogP contribution in [0, 0.1) is 0 Å². The lowest BCUT2D eigenvalue weighted by molar-refractivity contribution is -0.125. The van der Waals surface area contributed by atoms with E-state index in [0.29, 0.717) is 25.5 Å². The van der Waals surface area contributed by atoms with Crippen LogP contribution in [-0.4, -0.2) is 45.9 Å². The first-order valence-corrected chi connectivity index (χ1v) is 13.0. The number of Topliss-reactive ketones (excluding diaryl/α,β-unsaturated/α-hetero) is 1. The maximum atomic E-state index is 13.1. The molecule has 0 radical (unpaired) electrons. The number of carbonyl (C=O) groups is 4. The van der Waals surface area contributed by atoms with Crippen molar-refractivity contribution in [2.24, 2.45) is 0 Å². The van der Waals surface area contributed by atoms with Gasteiger partial charge in [-0.25, -0.2) is 4.98 Å². The van der Waals surface area contributed by atoms with Crippen molar-refractivity contribution in [3.8, 4) is 0 Å². The van der Waals surface area contributed by atoms with Crippen molar-refractivity contribution in [3.05, 3.63) is 59.7 Å². The number of carbonyl (C=O) groups excluding carboxylic acids is 4. The highest BCUT2D eigenvalue weighted by Gasteiger charge is 2.25. The van der Waals surface area contributed by atoms with E-state index in [0.717, 1.165) is 63.4 Å². The fourth-order valence-corrected chi connectivity index (χ4v) is 4.39. The average Bonchev–Trinajstić information content (AvgIpc) is 2.90. The van der Waals surface area contributed by atoms with Gasteiger partial charge in [0.05, 0.1) is 18.4 Å². The Morgan fingerprint density at radius 3 is 2.28 bits per heavy atom. The van der Waals surface area contributed by atoms with Crippen LogP contribution < -0.4 is 10.6 Å². The summed E-state index contributed by atoms with van der Waals surface area (Å²) in [6.07, 6.45) is 13.7. The van der Waals surface area contributed by atoms with Crippen LogP contribution in [0.2, 0.25) is 0 Å². The van der Waals surface area contributed by atoms with Crippen molar-refractivity contribution in [1.29, 1.82) is 0 Å². The van der Waals surface area contributed by atoms with Crippen LogP contribution in [0.4, 0.5) is 0 Å². The number of fused-ring (bicyclic) bond motifs is 2. The highest BCUT2D eigenvalue weighted by atomic mass is 16.2. The summed E-state index contributed by atoms with van der Waals surface area (Å²) in [5, 5.41) is 5.53. The lowest BCUT2D eigenvalue weighted by atomic mass is 10.0. The zero-order valence-electron chi connectivity index (χ0n) is 20.8. The molecule has 2 amide bonds. The van der Waals surface area contributed by atoms with Crippen LogP contribution in [0.3, 0.4) is 0 Å². The Labute approximate surface area is 212 Å². The number of benzene rings is 1. The summed E-state index contributed by atoms with van der Waals surface area (Å²) in [5.74, 6) is -1.11. The van der Waals surface area contributed by atoms with Gasteiger partial charge in [-0.3, -0.25) is 19.4 Å². The number of ketones is 1. The first-order valence-electron chi connectivity index (χ1n) is 13.0. The van der Waals surface area contributed by atoms with Gasteiger partial charge in [0.25, 0.3) is 5.91 Å². The van der Waals surface area contributed by atoms with Crippen molar-refractivity contribution in [3.63, 3.8) is 0 Å². The Hall–Kier alpha value is -3.42. The molecule has 0 saturated heterocycles. The van der Waals surface area contributed by atoms with E-state index < -0.39 is 23.9 Å². The largest absolute Gasteiger partial charge is 0.344 e. The fraction of sp³-hybridized carbons (Fsp3) is 0.500. The second-order valence-electron chi connectivity index (χ2n) is 9.40. The molecule has 2 bridgehead atoms. The highest BCUT2D eigenvalue weighted by molar-refractivity contribution is 5.98. The van der Waals surface area contributed by atoms with Crippen molar-refractivity contribution < 1.29 is 19.2 Å². The zero-order valence-corrected chi connectivity index (χ0v) is 20.8. The third kappa shape index (κ3) is 8.98. The molecule has 8 heteroatoms. The van der Waals surface area contributed by atoms with E-state index in [-0.39, 0.29) is 17.2 Å².